The molecule has 0 aliphatic carbocycles. The van der Waals surface area contributed by atoms with Crippen molar-refractivity contribution in [1.82, 2.24) is 9.88 Å². The van der Waals surface area contributed by atoms with Crippen LogP contribution in [0.4, 0.5) is 0 Å². The van der Waals surface area contributed by atoms with E-state index < -0.39 is 0 Å². The number of rotatable bonds is 5. The summed E-state index contributed by atoms with van der Waals surface area (Å²) in [7, 11) is 0. The summed E-state index contributed by atoms with van der Waals surface area (Å²) in [5.74, 6) is 0.814. The zero-order chi connectivity index (χ0) is 16.9. The van der Waals surface area contributed by atoms with Crippen LogP contribution in [0, 0.1) is 0 Å². The van der Waals surface area contributed by atoms with Crippen molar-refractivity contribution in [3.63, 3.8) is 0 Å². The van der Waals surface area contributed by atoms with Crippen molar-refractivity contribution >= 4 is 5.91 Å². The number of hydrogen-bond donors (Lipinski definition) is 0. The molecule has 1 atom stereocenters. The lowest BCUT2D eigenvalue weighted by atomic mass is 10.00. The van der Waals surface area contributed by atoms with E-state index in [4.69, 9.17) is 0 Å². The fourth-order valence-corrected chi connectivity index (χ4v) is 3.46. The fourth-order valence-electron chi connectivity index (χ4n) is 3.46. The minimum Gasteiger partial charge on any atom is -0.336 e. The minimum atomic E-state index is 0.226. The summed E-state index contributed by atoms with van der Waals surface area (Å²) in [6, 6.07) is 13.0. The molecule has 1 saturated heterocycles. The topological polar surface area (TPSA) is 33.2 Å². The van der Waals surface area contributed by atoms with Crippen LogP contribution in [0.1, 0.15) is 61.8 Å². The number of likely N-dealkylation sites (tertiary alicyclic amines) is 1. The van der Waals surface area contributed by atoms with Gasteiger partial charge in [0.2, 0.25) is 5.91 Å². The Hall–Kier alpha value is -2.16. The molecular formula is C21H26N2O. The number of aryl methyl sites for hydroxylation is 1. The van der Waals surface area contributed by atoms with Crippen LogP contribution in [0.3, 0.4) is 0 Å². The normalized spacial score (nSPS) is 17.5. The number of hydrogen-bond acceptors (Lipinski definition) is 2. The lowest BCUT2D eigenvalue weighted by molar-refractivity contribution is -0.132. The minimum absolute atomic E-state index is 0.226. The molecule has 0 N–H and O–H groups in total. The first-order chi connectivity index (χ1) is 11.6. The van der Waals surface area contributed by atoms with Gasteiger partial charge in [-0.15, -0.1) is 0 Å². The Bertz CT molecular complexity index is 664. The molecule has 0 bridgehead atoms. The Balaban J connectivity index is 1.60. The maximum absolute atomic E-state index is 12.7. The molecule has 2 heterocycles. The lowest BCUT2D eigenvalue weighted by Crippen LogP contribution is -2.30. The molecule has 3 heteroatoms. The van der Waals surface area contributed by atoms with Gasteiger partial charge in [-0.1, -0.05) is 38.1 Å². The Morgan fingerprint density at radius 1 is 1.17 bits per heavy atom. The SMILES string of the molecule is CC(C)c1ccc(CCC(=O)N2CCCC2c2ccncc2)cc1. The van der Waals surface area contributed by atoms with Crippen LogP contribution in [0.5, 0.6) is 0 Å². The van der Waals surface area contributed by atoms with Crippen molar-refractivity contribution in [2.75, 3.05) is 6.54 Å². The lowest BCUT2D eigenvalue weighted by Gasteiger charge is -2.25. The standard InChI is InChI=1S/C21H26N2O/c1-16(2)18-8-5-17(6-9-18)7-10-21(24)23-15-3-4-20(23)19-11-13-22-14-12-19/h5-6,8-9,11-14,16,20H,3-4,7,10,15H2,1-2H3. The van der Waals surface area contributed by atoms with Gasteiger partial charge in [0, 0.05) is 25.4 Å². The fraction of sp³-hybridized carbons (Fsp3) is 0.429. The van der Waals surface area contributed by atoms with E-state index in [-0.39, 0.29) is 11.9 Å². The number of pyridine rings is 1. The number of amides is 1. The highest BCUT2D eigenvalue weighted by Gasteiger charge is 2.29. The van der Waals surface area contributed by atoms with Crippen LogP contribution in [-0.2, 0) is 11.2 Å². The molecule has 1 aliphatic rings. The molecule has 0 saturated carbocycles. The van der Waals surface area contributed by atoms with Gasteiger partial charge in [-0.2, -0.15) is 0 Å². The molecule has 3 nitrogen and oxygen atoms in total. The molecule has 1 aromatic heterocycles. The number of aromatic nitrogens is 1. The number of benzene rings is 1. The van der Waals surface area contributed by atoms with E-state index in [0.29, 0.717) is 12.3 Å². The zero-order valence-electron chi connectivity index (χ0n) is 14.6. The predicted octanol–water partition coefficient (Wildman–Crippen LogP) is 4.50. The number of carbonyl (C=O) groups is 1. The maximum atomic E-state index is 12.7. The molecular weight excluding hydrogens is 296 g/mol. The van der Waals surface area contributed by atoms with Gasteiger partial charge in [-0.05, 0) is 54.0 Å². The molecule has 1 amide bonds. The van der Waals surface area contributed by atoms with Crippen molar-refractivity contribution in [1.29, 1.82) is 0 Å². The summed E-state index contributed by atoms with van der Waals surface area (Å²) in [4.78, 5) is 18.8. The van der Waals surface area contributed by atoms with Crippen LogP contribution in [0.2, 0.25) is 0 Å². The third-order valence-corrected chi connectivity index (χ3v) is 4.94. The molecule has 0 radical (unpaired) electrons. The molecule has 126 valence electrons. The second-order valence-electron chi connectivity index (χ2n) is 6.92. The zero-order valence-corrected chi connectivity index (χ0v) is 14.6. The van der Waals surface area contributed by atoms with Crippen LogP contribution in [-0.4, -0.2) is 22.3 Å². The van der Waals surface area contributed by atoms with E-state index in [1.807, 2.05) is 24.5 Å². The molecule has 3 rings (SSSR count). The molecule has 1 aromatic carbocycles. The van der Waals surface area contributed by atoms with Crippen molar-refractivity contribution < 1.29 is 4.79 Å². The summed E-state index contributed by atoms with van der Waals surface area (Å²) in [5.41, 5.74) is 3.80. The van der Waals surface area contributed by atoms with Crippen molar-refractivity contribution in [2.24, 2.45) is 0 Å². The van der Waals surface area contributed by atoms with Gasteiger partial charge in [0.25, 0.3) is 0 Å². The second-order valence-corrected chi connectivity index (χ2v) is 6.92. The van der Waals surface area contributed by atoms with Gasteiger partial charge in [0.15, 0.2) is 0 Å². The van der Waals surface area contributed by atoms with Gasteiger partial charge >= 0.3 is 0 Å². The summed E-state index contributed by atoms with van der Waals surface area (Å²) in [5, 5.41) is 0. The summed E-state index contributed by atoms with van der Waals surface area (Å²) in [6.45, 7) is 5.27. The Labute approximate surface area is 144 Å². The largest absolute Gasteiger partial charge is 0.336 e. The van der Waals surface area contributed by atoms with E-state index in [9.17, 15) is 4.79 Å². The molecule has 1 aliphatic heterocycles. The number of nitrogens with zero attached hydrogens (tertiary/aromatic N) is 2. The van der Waals surface area contributed by atoms with E-state index in [2.05, 4.69) is 48.0 Å². The highest BCUT2D eigenvalue weighted by atomic mass is 16.2. The molecule has 0 spiro atoms. The van der Waals surface area contributed by atoms with Gasteiger partial charge in [-0.3, -0.25) is 9.78 Å². The summed E-state index contributed by atoms with van der Waals surface area (Å²) < 4.78 is 0. The van der Waals surface area contributed by atoms with Crippen LogP contribution in [0.15, 0.2) is 48.8 Å². The van der Waals surface area contributed by atoms with Crippen LogP contribution >= 0.6 is 0 Å². The van der Waals surface area contributed by atoms with Crippen molar-refractivity contribution in [3.8, 4) is 0 Å². The molecule has 1 unspecified atom stereocenters. The Kier molecular flexibility index (Phi) is 5.29. The van der Waals surface area contributed by atoms with Crippen molar-refractivity contribution in [2.45, 2.75) is 51.5 Å². The summed E-state index contributed by atoms with van der Waals surface area (Å²) >= 11 is 0. The van der Waals surface area contributed by atoms with E-state index in [0.717, 1.165) is 25.8 Å². The molecule has 1 fully saturated rings. The third kappa shape index (κ3) is 3.84. The Morgan fingerprint density at radius 3 is 2.54 bits per heavy atom. The van der Waals surface area contributed by atoms with E-state index >= 15 is 0 Å². The van der Waals surface area contributed by atoms with E-state index in [1.165, 1.54) is 16.7 Å². The van der Waals surface area contributed by atoms with Crippen molar-refractivity contribution in [3.05, 3.63) is 65.5 Å². The van der Waals surface area contributed by atoms with Gasteiger partial charge in [0.05, 0.1) is 6.04 Å². The second kappa shape index (κ2) is 7.61. The first kappa shape index (κ1) is 16.7. The molecule has 24 heavy (non-hydrogen) atoms. The van der Waals surface area contributed by atoms with Gasteiger partial charge in [-0.25, -0.2) is 0 Å². The third-order valence-electron chi connectivity index (χ3n) is 4.94. The maximum Gasteiger partial charge on any atom is 0.223 e. The van der Waals surface area contributed by atoms with Crippen LogP contribution < -0.4 is 0 Å². The molecule has 2 aromatic rings. The van der Waals surface area contributed by atoms with Crippen LogP contribution in [0.25, 0.3) is 0 Å². The average molecular weight is 322 g/mol. The predicted molar refractivity (Wildman–Crippen MR) is 96.8 cm³/mol. The van der Waals surface area contributed by atoms with E-state index in [1.54, 1.807) is 0 Å². The summed E-state index contributed by atoms with van der Waals surface area (Å²) in [6.07, 6.45) is 7.17. The number of carbonyl (C=O) groups excluding carboxylic acids is 1. The smallest absolute Gasteiger partial charge is 0.223 e. The van der Waals surface area contributed by atoms with Gasteiger partial charge < -0.3 is 4.90 Å². The highest BCUT2D eigenvalue weighted by molar-refractivity contribution is 5.77. The van der Waals surface area contributed by atoms with Gasteiger partial charge in [0.1, 0.15) is 0 Å². The highest BCUT2D eigenvalue weighted by Crippen LogP contribution is 2.32. The monoisotopic (exact) mass is 322 g/mol. The average Bonchev–Trinajstić information content (AvgIpc) is 3.10. The Morgan fingerprint density at radius 2 is 1.88 bits per heavy atom. The first-order valence-electron chi connectivity index (χ1n) is 8.93. The quantitative estimate of drug-likeness (QED) is 0.812. The first-order valence-corrected chi connectivity index (χ1v) is 8.93.